The monoisotopic (exact) mass is 333 g/mol. The van der Waals surface area contributed by atoms with Crippen LogP contribution in [0.2, 0.25) is 0 Å². The van der Waals surface area contributed by atoms with Gasteiger partial charge in [-0.2, -0.15) is 0 Å². The van der Waals surface area contributed by atoms with Gasteiger partial charge in [-0.1, -0.05) is 0 Å². The minimum atomic E-state index is -1.11. The average Bonchev–Trinajstić information content (AvgIpc) is 2.61. The van der Waals surface area contributed by atoms with Crippen molar-refractivity contribution in [1.82, 2.24) is 9.97 Å². The molecular formula is C16H19N3O5. The maximum Gasteiger partial charge on any atom is 0.356 e. The Morgan fingerprint density at radius 2 is 1.75 bits per heavy atom. The summed E-state index contributed by atoms with van der Waals surface area (Å²) in [5, 5.41) is 11.9. The fraction of sp³-hybridized carbons (Fsp3) is 0.312. The van der Waals surface area contributed by atoms with Gasteiger partial charge in [0.1, 0.15) is 23.1 Å². The molecule has 0 amide bonds. The van der Waals surface area contributed by atoms with E-state index in [4.69, 9.17) is 19.3 Å². The normalized spacial score (nSPS) is 10.1. The van der Waals surface area contributed by atoms with Gasteiger partial charge in [-0.05, 0) is 6.42 Å². The highest BCUT2D eigenvalue weighted by Gasteiger charge is 2.13. The van der Waals surface area contributed by atoms with E-state index in [1.807, 2.05) is 0 Å². The van der Waals surface area contributed by atoms with Crippen LogP contribution in [0.25, 0.3) is 0 Å². The topological polar surface area (TPSA) is 103 Å². The Morgan fingerprint density at radius 3 is 2.21 bits per heavy atom. The van der Waals surface area contributed by atoms with Crippen LogP contribution in [0.5, 0.6) is 17.2 Å². The first-order valence-corrected chi connectivity index (χ1v) is 7.17. The van der Waals surface area contributed by atoms with Gasteiger partial charge in [-0.3, -0.25) is 0 Å². The molecule has 0 aliphatic heterocycles. The second-order valence-corrected chi connectivity index (χ2v) is 4.78. The summed E-state index contributed by atoms with van der Waals surface area (Å²) in [5.74, 6) is 1.37. The predicted molar refractivity (Wildman–Crippen MR) is 87.3 cm³/mol. The SMILES string of the molecule is COc1cc(OC)c(CCNc2cnc(C(=O)O)cn2)c(OC)c1. The average molecular weight is 333 g/mol. The number of aromatic carboxylic acids is 1. The van der Waals surface area contributed by atoms with E-state index in [0.717, 1.165) is 5.56 Å². The molecule has 0 bridgehead atoms. The van der Waals surface area contributed by atoms with Crippen LogP contribution in [0, 0.1) is 0 Å². The fourth-order valence-electron chi connectivity index (χ4n) is 2.17. The lowest BCUT2D eigenvalue weighted by atomic mass is 10.1. The second-order valence-electron chi connectivity index (χ2n) is 4.78. The van der Waals surface area contributed by atoms with Crippen molar-refractivity contribution >= 4 is 11.8 Å². The number of hydrogen-bond donors (Lipinski definition) is 2. The molecule has 2 rings (SSSR count). The van der Waals surface area contributed by atoms with Crippen molar-refractivity contribution < 1.29 is 24.1 Å². The van der Waals surface area contributed by atoms with Gasteiger partial charge in [0.05, 0.1) is 33.7 Å². The minimum Gasteiger partial charge on any atom is -0.496 e. The zero-order valence-corrected chi connectivity index (χ0v) is 13.7. The van der Waals surface area contributed by atoms with Crippen LogP contribution in [0.15, 0.2) is 24.5 Å². The summed E-state index contributed by atoms with van der Waals surface area (Å²) in [6, 6.07) is 3.58. The second kappa shape index (κ2) is 8.00. The maximum absolute atomic E-state index is 10.7. The number of hydrogen-bond acceptors (Lipinski definition) is 7. The first-order valence-electron chi connectivity index (χ1n) is 7.17. The molecule has 8 heteroatoms. The zero-order valence-electron chi connectivity index (χ0n) is 13.7. The van der Waals surface area contributed by atoms with Gasteiger partial charge < -0.3 is 24.6 Å². The standard InChI is InChI=1S/C16H19N3O5/c1-22-10-6-13(23-2)11(14(7-10)24-3)4-5-17-15-9-18-12(8-19-15)16(20)21/h6-9H,4-5H2,1-3H3,(H,17,19)(H,20,21). The quantitative estimate of drug-likeness (QED) is 0.754. The number of aromatic nitrogens is 2. The Hall–Kier alpha value is -3.03. The van der Waals surface area contributed by atoms with E-state index in [0.29, 0.717) is 36.0 Å². The number of anilines is 1. The summed E-state index contributed by atoms with van der Waals surface area (Å²) in [6.45, 7) is 0.542. The van der Waals surface area contributed by atoms with Crippen LogP contribution < -0.4 is 19.5 Å². The van der Waals surface area contributed by atoms with Crippen molar-refractivity contribution in [2.24, 2.45) is 0 Å². The molecular weight excluding hydrogens is 314 g/mol. The molecule has 0 aliphatic carbocycles. The Balaban J connectivity index is 2.07. The molecule has 2 N–H and O–H groups in total. The van der Waals surface area contributed by atoms with Crippen molar-refractivity contribution in [3.8, 4) is 17.2 Å². The summed E-state index contributed by atoms with van der Waals surface area (Å²) in [5.41, 5.74) is 0.794. The zero-order chi connectivity index (χ0) is 17.5. The first kappa shape index (κ1) is 17.3. The number of carboxylic acids is 1. The van der Waals surface area contributed by atoms with E-state index in [1.54, 1.807) is 33.5 Å². The molecule has 2 aromatic rings. The summed E-state index contributed by atoms with van der Waals surface area (Å²) in [6.07, 6.45) is 3.20. The molecule has 0 unspecified atom stereocenters. The van der Waals surface area contributed by atoms with Crippen LogP contribution in [-0.2, 0) is 6.42 Å². The molecule has 24 heavy (non-hydrogen) atoms. The highest BCUT2D eigenvalue weighted by Crippen LogP contribution is 2.34. The lowest BCUT2D eigenvalue weighted by Crippen LogP contribution is -2.10. The predicted octanol–water partition coefficient (Wildman–Crippen LogP) is 1.86. The Bertz CT molecular complexity index is 678. The number of methoxy groups -OCH3 is 3. The molecule has 1 aromatic heterocycles. The van der Waals surface area contributed by atoms with Crippen molar-refractivity contribution in [2.45, 2.75) is 6.42 Å². The number of carbonyl (C=O) groups is 1. The van der Waals surface area contributed by atoms with E-state index in [9.17, 15) is 4.79 Å². The smallest absolute Gasteiger partial charge is 0.356 e. The number of rotatable bonds is 8. The fourth-order valence-corrected chi connectivity index (χ4v) is 2.17. The lowest BCUT2D eigenvalue weighted by Gasteiger charge is -2.15. The third kappa shape index (κ3) is 4.03. The molecule has 0 spiro atoms. The molecule has 0 saturated carbocycles. The van der Waals surface area contributed by atoms with Gasteiger partial charge in [0.25, 0.3) is 0 Å². The number of ether oxygens (including phenoxy) is 3. The molecule has 0 fully saturated rings. The molecule has 0 saturated heterocycles. The van der Waals surface area contributed by atoms with E-state index in [2.05, 4.69) is 15.3 Å². The molecule has 1 heterocycles. The Kier molecular flexibility index (Phi) is 5.78. The van der Waals surface area contributed by atoms with E-state index < -0.39 is 5.97 Å². The third-order valence-corrected chi connectivity index (χ3v) is 3.37. The number of nitrogens with one attached hydrogen (secondary N) is 1. The summed E-state index contributed by atoms with van der Waals surface area (Å²) in [4.78, 5) is 18.6. The third-order valence-electron chi connectivity index (χ3n) is 3.37. The number of carboxylic acid groups (broad SMARTS) is 1. The maximum atomic E-state index is 10.7. The lowest BCUT2D eigenvalue weighted by molar-refractivity contribution is 0.0690. The highest BCUT2D eigenvalue weighted by atomic mass is 16.5. The van der Waals surface area contributed by atoms with Gasteiger partial charge in [0.2, 0.25) is 0 Å². The molecule has 1 aromatic carbocycles. The summed E-state index contributed by atoms with van der Waals surface area (Å²) >= 11 is 0. The highest BCUT2D eigenvalue weighted by molar-refractivity contribution is 5.84. The van der Waals surface area contributed by atoms with Crippen molar-refractivity contribution in [2.75, 3.05) is 33.2 Å². The van der Waals surface area contributed by atoms with Gasteiger partial charge in [0.15, 0.2) is 5.69 Å². The van der Waals surface area contributed by atoms with Crippen molar-refractivity contribution in [3.63, 3.8) is 0 Å². The van der Waals surface area contributed by atoms with E-state index >= 15 is 0 Å². The summed E-state index contributed by atoms with van der Waals surface area (Å²) < 4.78 is 16.0. The molecule has 0 aliphatic rings. The summed E-state index contributed by atoms with van der Waals surface area (Å²) in [7, 11) is 4.75. The van der Waals surface area contributed by atoms with Gasteiger partial charge in [0, 0.05) is 24.2 Å². The molecule has 0 radical (unpaired) electrons. The molecule has 128 valence electrons. The van der Waals surface area contributed by atoms with Crippen LogP contribution in [0.1, 0.15) is 16.1 Å². The van der Waals surface area contributed by atoms with Crippen LogP contribution >= 0.6 is 0 Å². The van der Waals surface area contributed by atoms with Crippen LogP contribution in [-0.4, -0.2) is 48.9 Å². The van der Waals surface area contributed by atoms with Gasteiger partial charge in [-0.15, -0.1) is 0 Å². The van der Waals surface area contributed by atoms with Crippen molar-refractivity contribution in [3.05, 3.63) is 35.8 Å². The number of benzene rings is 1. The molecule has 0 atom stereocenters. The van der Waals surface area contributed by atoms with Crippen LogP contribution in [0.3, 0.4) is 0 Å². The van der Waals surface area contributed by atoms with Crippen LogP contribution in [0.4, 0.5) is 5.82 Å². The van der Waals surface area contributed by atoms with Gasteiger partial charge >= 0.3 is 5.97 Å². The van der Waals surface area contributed by atoms with Gasteiger partial charge in [-0.25, -0.2) is 14.8 Å². The Morgan fingerprint density at radius 1 is 1.08 bits per heavy atom. The largest absolute Gasteiger partial charge is 0.496 e. The molecule has 8 nitrogen and oxygen atoms in total. The van der Waals surface area contributed by atoms with E-state index in [1.165, 1.54) is 12.4 Å². The first-order chi connectivity index (χ1) is 11.6. The Labute approximate surface area is 139 Å². The number of nitrogens with zero attached hydrogens (tertiary/aromatic N) is 2. The van der Waals surface area contributed by atoms with Crippen molar-refractivity contribution in [1.29, 1.82) is 0 Å². The minimum absolute atomic E-state index is 0.0981. The van der Waals surface area contributed by atoms with E-state index in [-0.39, 0.29) is 5.69 Å².